The van der Waals surface area contributed by atoms with Crippen LogP contribution in [0.5, 0.6) is 5.75 Å². The van der Waals surface area contributed by atoms with Gasteiger partial charge in [0.05, 0.1) is 6.61 Å². The minimum Gasteiger partial charge on any atom is -0.493 e. The number of nitrogens with one attached hydrogen (secondary N) is 1. The summed E-state index contributed by atoms with van der Waals surface area (Å²) < 4.78 is 30.7. The third-order valence-corrected chi connectivity index (χ3v) is 6.01. The van der Waals surface area contributed by atoms with Gasteiger partial charge in [0.15, 0.2) is 9.84 Å². The Hall–Kier alpha value is -2.59. The summed E-state index contributed by atoms with van der Waals surface area (Å²) in [5, 5.41) is 6.20. The Bertz CT molecular complexity index is 867. The molecule has 0 aliphatic rings. The highest BCUT2D eigenvalue weighted by Crippen LogP contribution is 2.34. The Kier molecular flexibility index (Phi) is 9.46. The lowest BCUT2D eigenvalue weighted by Gasteiger charge is -2.18. The van der Waals surface area contributed by atoms with Crippen molar-refractivity contribution in [2.24, 2.45) is 11.5 Å². The fourth-order valence-corrected chi connectivity index (χ4v) is 4.59. The Balaban J connectivity index is 0.00000122. The van der Waals surface area contributed by atoms with Gasteiger partial charge in [-0.05, 0) is 53.4 Å². The van der Waals surface area contributed by atoms with Crippen LogP contribution in [0.2, 0.25) is 0 Å². The summed E-state index contributed by atoms with van der Waals surface area (Å²) in [4.78, 5) is 19.5. The number of carbonyl (C=O) groups excluding carboxylic acids is 2. The lowest BCUT2D eigenvalue weighted by Crippen LogP contribution is -2.34. The van der Waals surface area contributed by atoms with Gasteiger partial charge in [0.25, 0.3) is 0 Å². The molecule has 0 bridgehead atoms. The van der Waals surface area contributed by atoms with Crippen molar-refractivity contribution >= 4 is 33.6 Å². The molecule has 2 rings (SSSR count). The first-order chi connectivity index (χ1) is 13.3. The third-order valence-electron chi connectivity index (χ3n) is 3.80. The lowest BCUT2D eigenvalue weighted by atomic mass is 9.91. The Morgan fingerprint density at radius 2 is 1.96 bits per heavy atom. The van der Waals surface area contributed by atoms with Crippen molar-refractivity contribution in [3.8, 4) is 5.75 Å². The molecule has 0 spiro atoms. The summed E-state index contributed by atoms with van der Waals surface area (Å²) in [6, 6.07) is 6.34. The second kappa shape index (κ2) is 11.3. The molecule has 10 heteroatoms. The van der Waals surface area contributed by atoms with E-state index in [0.717, 1.165) is 17.5 Å². The van der Waals surface area contributed by atoms with Gasteiger partial charge in [-0.3, -0.25) is 4.79 Å². The smallest absolute Gasteiger partial charge is 0.313 e. The van der Waals surface area contributed by atoms with Crippen LogP contribution in [0.3, 0.4) is 0 Å². The van der Waals surface area contributed by atoms with Crippen molar-refractivity contribution in [2.75, 3.05) is 12.5 Å². The third kappa shape index (κ3) is 6.54. The molecule has 1 aromatic carbocycles. The van der Waals surface area contributed by atoms with Gasteiger partial charge in [-0.2, -0.15) is 11.3 Å². The number of primary amides is 2. The molecule has 1 unspecified atom stereocenters. The Labute approximate surface area is 168 Å². The summed E-state index contributed by atoms with van der Waals surface area (Å²) in [6.45, 7) is 4.18. The molecule has 1 aromatic heterocycles. The highest BCUT2D eigenvalue weighted by molar-refractivity contribution is 7.91. The Morgan fingerprint density at radius 3 is 2.46 bits per heavy atom. The van der Waals surface area contributed by atoms with Crippen LogP contribution in [0.1, 0.15) is 37.3 Å². The summed E-state index contributed by atoms with van der Waals surface area (Å²) in [5.41, 5.74) is 11.2. The van der Waals surface area contributed by atoms with Crippen molar-refractivity contribution in [1.29, 1.82) is 0 Å². The molecule has 0 saturated heterocycles. The number of ether oxygens (including phenoxy) is 1. The van der Waals surface area contributed by atoms with Gasteiger partial charge < -0.3 is 21.5 Å². The van der Waals surface area contributed by atoms with Gasteiger partial charge >= 0.3 is 6.03 Å². The minimum atomic E-state index is -3.78. The molecule has 1 heterocycles. The minimum absolute atomic E-state index is 0.0641. The van der Waals surface area contributed by atoms with E-state index in [9.17, 15) is 13.2 Å². The quantitative estimate of drug-likeness (QED) is 0.554. The molecular weight excluding hydrogens is 402 g/mol. The van der Waals surface area contributed by atoms with Crippen LogP contribution in [0, 0.1) is 0 Å². The molecule has 154 valence electrons. The van der Waals surface area contributed by atoms with E-state index in [-0.39, 0.29) is 23.0 Å². The number of hydrogen-bond donors (Lipinski definition) is 3. The van der Waals surface area contributed by atoms with Gasteiger partial charge in [-0.1, -0.05) is 13.0 Å². The van der Waals surface area contributed by atoms with E-state index >= 15 is 0 Å². The number of nitrogens with two attached hydrogens (primary N) is 2. The van der Waals surface area contributed by atoms with E-state index in [1.165, 1.54) is 0 Å². The maximum Gasteiger partial charge on any atom is 0.313 e. The lowest BCUT2D eigenvalue weighted by molar-refractivity contribution is -0.106. The highest BCUT2D eigenvalue weighted by Gasteiger charge is 2.23. The van der Waals surface area contributed by atoms with E-state index in [1.807, 2.05) is 17.5 Å². The van der Waals surface area contributed by atoms with E-state index in [1.54, 1.807) is 30.4 Å². The van der Waals surface area contributed by atoms with E-state index in [2.05, 4.69) is 23.4 Å². The first-order valence-electron chi connectivity index (χ1n) is 8.50. The predicted octanol–water partition coefficient (Wildman–Crippen LogP) is 2.19. The fourth-order valence-electron chi connectivity index (χ4n) is 2.64. The molecule has 0 aliphatic carbocycles. The molecule has 3 amide bonds. The number of benzene rings is 1. The maximum absolute atomic E-state index is 12.6. The maximum atomic E-state index is 12.6. The van der Waals surface area contributed by atoms with Gasteiger partial charge in [-0.15, -0.1) is 0 Å². The zero-order valence-corrected chi connectivity index (χ0v) is 17.4. The van der Waals surface area contributed by atoms with Crippen LogP contribution in [-0.2, 0) is 14.6 Å². The van der Waals surface area contributed by atoms with Crippen LogP contribution < -0.4 is 21.5 Å². The second-order valence-corrected chi connectivity index (χ2v) is 8.33. The van der Waals surface area contributed by atoms with E-state index in [4.69, 9.17) is 15.3 Å². The summed E-state index contributed by atoms with van der Waals surface area (Å²) in [6.07, 6.45) is 1.09. The summed E-state index contributed by atoms with van der Waals surface area (Å²) >= 11 is 1.61. The summed E-state index contributed by atoms with van der Waals surface area (Å²) in [5.74, 6) is -0.196. The van der Waals surface area contributed by atoms with Crippen LogP contribution in [0.25, 0.3) is 0 Å². The number of sulfone groups is 1. The number of carbonyl (C=O) groups is 2. The van der Waals surface area contributed by atoms with Crippen molar-refractivity contribution in [2.45, 2.75) is 31.1 Å². The second-order valence-electron chi connectivity index (χ2n) is 5.59. The molecule has 0 saturated carbocycles. The average molecular weight is 428 g/mol. The number of thiophene rings is 1. The first-order valence-corrected chi connectivity index (χ1v) is 11.1. The molecular formula is C18H25N3O5S2. The number of rotatable bonds is 8. The SMILES string of the molecule is CCOc1ccc(C(CC)c2ccsc2)cc1S(=O)(=O)CNC(N)=O.NC=O. The molecule has 5 N–H and O–H groups in total. The van der Waals surface area contributed by atoms with Crippen molar-refractivity contribution in [3.05, 3.63) is 46.2 Å². The van der Waals surface area contributed by atoms with Crippen LogP contribution >= 0.6 is 11.3 Å². The van der Waals surface area contributed by atoms with Gasteiger partial charge in [-0.25, -0.2) is 13.2 Å². The van der Waals surface area contributed by atoms with Crippen LogP contribution in [-0.4, -0.2) is 33.3 Å². The average Bonchev–Trinajstić information content (AvgIpc) is 3.17. The van der Waals surface area contributed by atoms with E-state index in [0.29, 0.717) is 6.61 Å². The zero-order valence-electron chi connectivity index (χ0n) is 15.8. The molecule has 8 nitrogen and oxygen atoms in total. The number of hydrogen-bond acceptors (Lipinski definition) is 6. The van der Waals surface area contributed by atoms with Crippen LogP contribution in [0.15, 0.2) is 39.9 Å². The van der Waals surface area contributed by atoms with Gasteiger partial charge in [0.1, 0.15) is 16.5 Å². The monoisotopic (exact) mass is 427 g/mol. The van der Waals surface area contributed by atoms with Gasteiger partial charge in [0.2, 0.25) is 6.41 Å². The molecule has 0 aliphatic heterocycles. The van der Waals surface area contributed by atoms with Crippen molar-refractivity contribution < 1.29 is 22.7 Å². The topological polar surface area (TPSA) is 142 Å². The molecule has 0 fully saturated rings. The van der Waals surface area contributed by atoms with E-state index < -0.39 is 21.7 Å². The largest absolute Gasteiger partial charge is 0.493 e. The van der Waals surface area contributed by atoms with Gasteiger partial charge in [0, 0.05) is 5.92 Å². The highest BCUT2D eigenvalue weighted by atomic mass is 32.2. The molecule has 0 radical (unpaired) electrons. The standard InChI is InChI=1S/C17H22N2O4S2.CH3NO/c1-3-14(13-7-8-24-10-13)12-5-6-15(23-4-2)16(9-12)25(21,22)11-19-17(18)20;2-1-3/h5-10,14H,3-4,11H2,1-2H3,(H3,18,19,20);1H,(H2,2,3). The molecule has 1 atom stereocenters. The van der Waals surface area contributed by atoms with Crippen molar-refractivity contribution in [3.63, 3.8) is 0 Å². The number of urea groups is 1. The predicted molar refractivity (Wildman–Crippen MR) is 109 cm³/mol. The fraction of sp³-hybridized carbons (Fsp3) is 0.333. The Morgan fingerprint density at radius 1 is 1.29 bits per heavy atom. The van der Waals surface area contributed by atoms with Crippen LogP contribution in [0.4, 0.5) is 4.79 Å². The normalized spacial score (nSPS) is 11.6. The van der Waals surface area contributed by atoms with Crippen molar-refractivity contribution in [1.82, 2.24) is 5.32 Å². The first kappa shape index (κ1) is 23.4. The summed E-state index contributed by atoms with van der Waals surface area (Å²) in [7, 11) is -3.78. The molecule has 2 aromatic rings. The molecule has 28 heavy (non-hydrogen) atoms. The zero-order chi connectivity index (χ0) is 21.2. The number of amides is 3.